The van der Waals surface area contributed by atoms with E-state index < -0.39 is 303 Å². The van der Waals surface area contributed by atoms with E-state index >= 15 is 0 Å². The summed E-state index contributed by atoms with van der Waals surface area (Å²) < 4.78 is 75.1. The molecule has 1 unspecified atom stereocenters. The van der Waals surface area contributed by atoms with E-state index in [4.69, 9.17) is 61.6 Å². The Labute approximate surface area is 543 Å². The summed E-state index contributed by atoms with van der Waals surface area (Å²) >= 11 is 0. The number of carbonyl (C=O) groups excluding carboxylic acids is 4. The number of ether oxygens (including phenoxy) is 13. The quantitative estimate of drug-likeness (QED) is 0.0382. The van der Waals surface area contributed by atoms with Gasteiger partial charge in [-0.3, -0.25) is 19.2 Å². The van der Waals surface area contributed by atoms with Crippen LogP contribution in [0.2, 0.25) is 0 Å². The lowest BCUT2D eigenvalue weighted by molar-refractivity contribution is -0.391. The van der Waals surface area contributed by atoms with Gasteiger partial charge < -0.3 is 190 Å². The molecule has 7 rings (SSSR count). The maximum atomic E-state index is 13.1. The minimum Gasteiger partial charge on any atom is -0.477 e. The van der Waals surface area contributed by atoms with Crippen molar-refractivity contribution in [2.75, 3.05) is 46.2 Å². The SMILES string of the molecule is CC(=O)N[C@H]1[C@H](O[C@H]2[C@@H](O)[C@@H](CO)O[C@@H](O[C@H]3[C@H](O)[C@@H](NC(C)=O)[C@H](O[C@H]4[C@@H](O)[C@@H](CO)O[C@@H](O[C@H]5[C@H](O)[C@@H](NC(C)=O)C(O)O[C@@H]5CO)[C@@H]4O)O[C@@H]3CO)[C@@H]2O)O[C@H](CO)[C@@H](O[C@@H]2O[C@H](CO)[C@H](O)[C@H](O[C@]3(C(=O)O)C[C@H](O)[C@@H](NC(C)=O)[C@H]([C@H](O)[C@H](O)CO)O3)[C@H]2O)[C@@H]1O. The number of carboxylic acids is 1. The predicted molar refractivity (Wildman–Crippen MR) is 295 cm³/mol. The van der Waals surface area contributed by atoms with Crippen LogP contribution in [-0.2, 0) is 85.6 Å². The minimum absolute atomic E-state index is 0.740. The van der Waals surface area contributed by atoms with Crippen LogP contribution in [-0.4, -0.2) is 403 Å². The first kappa shape index (κ1) is 79.4. The molecule has 0 bridgehead atoms. The molecule has 7 aliphatic heterocycles. The summed E-state index contributed by atoms with van der Waals surface area (Å²) in [5.74, 6) is -8.80. The summed E-state index contributed by atoms with van der Waals surface area (Å²) in [5.41, 5.74) is 0. The molecule has 0 aromatic carbocycles. The lowest BCUT2D eigenvalue weighted by Gasteiger charge is -2.51. The molecule has 43 nitrogen and oxygen atoms in total. The summed E-state index contributed by atoms with van der Waals surface area (Å²) in [5, 5.41) is 240. The number of aliphatic carboxylic acids is 1. The fourth-order valence-electron chi connectivity index (χ4n) is 12.3. The molecule has 43 heteroatoms. The number of hydrogen-bond acceptors (Lipinski definition) is 38. The Morgan fingerprint density at radius 2 is 0.719 bits per heavy atom. The molecule has 0 radical (unpaired) electrons. The second-order valence-electron chi connectivity index (χ2n) is 23.9. The molecule has 7 heterocycles. The number of aliphatic hydroxyl groups is 20. The number of aliphatic hydroxyl groups excluding tert-OH is 20. The van der Waals surface area contributed by atoms with Gasteiger partial charge in [-0.25, -0.2) is 4.79 Å². The molecule has 96 heavy (non-hydrogen) atoms. The van der Waals surface area contributed by atoms with Crippen LogP contribution in [0.1, 0.15) is 34.1 Å². The Hall–Kier alpha value is -3.97. The summed E-state index contributed by atoms with van der Waals surface area (Å²) in [6, 6.07) is -7.10. The lowest BCUT2D eigenvalue weighted by Crippen LogP contribution is -2.71. The van der Waals surface area contributed by atoms with Crippen molar-refractivity contribution in [3.63, 3.8) is 0 Å². The zero-order valence-corrected chi connectivity index (χ0v) is 51.6. The Morgan fingerprint density at radius 1 is 0.406 bits per heavy atom. The molecule has 36 atom stereocenters. The summed E-state index contributed by atoms with van der Waals surface area (Å²) in [7, 11) is 0. The third-order valence-corrected chi connectivity index (χ3v) is 17.1. The summed E-state index contributed by atoms with van der Waals surface area (Å²) in [4.78, 5) is 62.7. The van der Waals surface area contributed by atoms with Crippen molar-refractivity contribution >= 4 is 29.6 Å². The second-order valence-corrected chi connectivity index (χ2v) is 23.9. The molecule has 25 N–H and O–H groups in total. The van der Waals surface area contributed by atoms with Crippen molar-refractivity contribution in [3.8, 4) is 0 Å². The van der Waals surface area contributed by atoms with E-state index in [2.05, 4.69) is 21.3 Å². The van der Waals surface area contributed by atoms with Gasteiger partial charge >= 0.3 is 5.97 Å². The summed E-state index contributed by atoms with van der Waals surface area (Å²) in [6.07, 6.45) is -65.0. The van der Waals surface area contributed by atoms with Gasteiger partial charge in [0.25, 0.3) is 5.79 Å². The first-order chi connectivity index (χ1) is 45.2. The smallest absolute Gasteiger partial charge is 0.364 e. The van der Waals surface area contributed by atoms with Gasteiger partial charge in [0.15, 0.2) is 37.7 Å². The fraction of sp³-hybridized carbons (Fsp3) is 0.906. The number of rotatable bonds is 26. The summed E-state index contributed by atoms with van der Waals surface area (Å²) in [6.45, 7) is -3.80. The van der Waals surface area contributed by atoms with Crippen molar-refractivity contribution in [3.05, 3.63) is 0 Å². The van der Waals surface area contributed by atoms with Gasteiger partial charge in [0.2, 0.25) is 23.6 Å². The molecule has 0 aliphatic carbocycles. The fourth-order valence-corrected chi connectivity index (χ4v) is 12.3. The van der Waals surface area contributed by atoms with E-state index in [-0.39, 0.29) is 0 Å². The predicted octanol–water partition coefficient (Wildman–Crippen LogP) is -16.5. The largest absolute Gasteiger partial charge is 0.477 e. The number of nitrogens with one attached hydrogen (secondary N) is 4. The number of carbonyl (C=O) groups is 5. The number of amides is 4. The first-order valence-corrected chi connectivity index (χ1v) is 30.2. The maximum absolute atomic E-state index is 13.1. The van der Waals surface area contributed by atoms with Crippen molar-refractivity contribution in [1.29, 1.82) is 0 Å². The van der Waals surface area contributed by atoms with Gasteiger partial charge in [-0.1, -0.05) is 0 Å². The van der Waals surface area contributed by atoms with E-state index in [1.807, 2.05) is 0 Å². The zero-order valence-electron chi connectivity index (χ0n) is 51.6. The van der Waals surface area contributed by atoms with Crippen molar-refractivity contribution in [1.82, 2.24) is 21.3 Å². The highest BCUT2D eigenvalue weighted by Crippen LogP contribution is 2.41. The molecular weight excluding hydrogens is 1320 g/mol. The van der Waals surface area contributed by atoms with E-state index in [9.17, 15) is 131 Å². The molecular formula is C53H88N4O39. The van der Waals surface area contributed by atoms with Gasteiger partial charge in [-0.15, -0.1) is 0 Å². The highest BCUT2D eigenvalue weighted by molar-refractivity contribution is 5.77. The van der Waals surface area contributed by atoms with E-state index in [0.717, 1.165) is 27.7 Å². The van der Waals surface area contributed by atoms with Crippen LogP contribution in [0.15, 0.2) is 0 Å². The highest BCUT2D eigenvalue weighted by atomic mass is 16.8. The van der Waals surface area contributed by atoms with Crippen LogP contribution >= 0.6 is 0 Å². The van der Waals surface area contributed by atoms with Crippen molar-refractivity contribution in [2.45, 2.75) is 254 Å². The molecule has 7 fully saturated rings. The topological polar surface area (TPSA) is 678 Å². The molecule has 0 aromatic heterocycles. The van der Waals surface area contributed by atoms with Crippen LogP contribution in [0.25, 0.3) is 0 Å². The first-order valence-electron chi connectivity index (χ1n) is 30.2. The highest BCUT2D eigenvalue weighted by Gasteiger charge is 2.62. The van der Waals surface area contributed by atoms with Crippen LogP contribution in [0.5, 0.6) is 0 Å². The Morgan fingerprint density at radius 3 is 1.07 bits per heavy atom. The Bertz CT molecular complexity index is 2540. The molecule has 7 aliphatic rings. The number of carboxylic acid groups (broad SMARTS) is 1. The molecule has 7 saturated heterocycles. The normalized spacial score (nSPS) is 46.0. The monoisotopic (exact) mass is 1400 g/mol. The van der Waals surface area contributed by atoms with Crippen LogP contribution in [0.4, 0.5) is 0 Å². The zero-order chi connectivity index (χ0) is 71.3. The van der Waals surface area contributed by atoms with Gasteiger partial charge in [0.1, 0.15) is 165 Å². The molecule has 554 valence electrons. The third-order valence-electron chi connectivity index (χ3n) is 17.1. The Kier molecular flexibility index (Phi) is 28.2. The van der Waals surface area contributed by atoms with Gasteiger partial charge in [0.05, 0.1) is 58.4 Å². The average Bonchev–Trinajstić information content (AvgIpc) is 0.764. The van der Waals surface area contributed by atoms with Gasteiger partial charge in [-0.05, 0) is 0 Å². The molecule has 4 amide bonds. The Balaban J connectivity index is 1.10. The van der Waals surface area contributed by atoms with Gasteiger partial charge in [0, 0.05) is 34.1 Å². The molecule has 0 saturated carbocycles. The lowest BCUT2D eigenvalue weighted by atomic mass is 9.88. The standard InChI is InChI=1S/C53H88N4O39/c1-13(65)54-25-17(69)5-53(52(82)83,95-42(25)29(71)18(70)6-58)96-45-32(74)21(9-61)87-51(38(45)80)92-41-24(12-64)89-48(28(35(41)77)57-16(4)68)94-44-31(73)20(8-60)86-50(37(44)79)91-40-23(11-63)88-47(27(34(40)76)56-15(3)67)93-43-30(72)19(7-59)85-49(36(43)78)90-39-22(10-62)84-46(81)26(33(39)75)55-14(2)66/h17-51,58-64,69-81H,5-12H2,1-4H3,(H,54,65)(H,55,66)(H,56,67)(H,57,68)(H,82,83)/t17-,18+,19+,20+,21+,22+,23+,24+,25+,26+,27+,28+,29+,30-,31-,32-,33+,34+,35+,36+,37+,38+,39+,40+,41+,42+,43-,44-,45-,46?,47-,48-,49-,50-,51-,53-/m0/s1. The molecule has 0 aromatic rings. The van der Waals surface area contributed by atoms with E-state index in [1.54, 1.807) is 0 Å². The third kappa shape index (κ3) is 17.3. The van der Waals surface area contributed by atoms with Gasteiger partial charge in [-0.2, -0.15) is 0 Å². The van der Waals surface area contributed by atoms with Crippen LogP contribution in [0, 0.1) is 0 Å². The number of hydrogen-bond donors (Lipinski definition) is 25. The van der Waals surface area contributed by atoms with Crippen LogP contribution < -0.4 is 21.3 Å². The average molecular weight is 1410 g/mol. The van der Waals surface area contributed by atoms with Crippen molar-refractivity contribution in [2.24, 2.45) is 0 Å². The molecule has 0 spiro atoms. The minimum atomic E-state index is -3.23. The van der Waals surface area contributed by atoms with Crippen LogP contribution in [0.3, 0.4) is 0 Å². The van der Waals surface area contributed by atoms with E-state index in [1.165, 1.54) is 0 Å². The van der Waals surface area contributed by atoms with Crippen molar-refractivity contribution < 1.29 is 193 Å². The van der Waals surface area contributed by atoms with E-state index in [0.29, 0.717) is 0 Å². The second kappa shape index (κ2) is 34.1. The maximum Gasteiger partial charge on any atom is 0.364 e.